The number of nitrogens with two attached hydrogens (primary N) is 1. The molecule has 0 aromatic heterocycles. The summed E-state index contributed by atoms with van der Waals surface area (Å²) in [6.45, 7) is 0. The number of halogens is 2. The first-order valence-electron chi connectivity index (χ1n) is 5.03. The van der Waals surface area contributed by atoms with Gasteiger partial charge in [-0.2, -0.15) is 0 Å². The molecule has 2 aromatic rings. The molecule has 0 heterocycles. The molecule has 0 amide bonds. The van der Waals surface area contributed by atoms with Gasteiger partial charge in [-0.1, -0.05) is 24.3 Å². The second kappa shape index (κ2) is 3.60. The van der Waals surface area contributed by atoms with Crippen molar-refractivity contribution in [3.63, 3.8) is 0 Å². The van der Waals surface area contributed by atoms with E-state index >= 15 is 0 Å². The fourth-order valence-electron chi connectivity index (χ4n) is 2.22. The van der Waals surface area contributed by atoms with Gasteiger partial charge in [0.25, 0.3) is 0 Å². The number of nitrogen functional groups attached to an aromatic ring is 1. The van der Waals surface area contributed by atoms with Crippen molar-refractivity contribution in [2.24, 2.45) is 0 Å². The Kier molecular flexibility index (Phi) is 2.33. The maximum Gasteiger partial charge on any atom is 0.0606 e. The highest BCUT2D eigenvalue weighted by Crippen LogP contribution is 2.45. The number of hydrogen-bond donors (Lipinski definition) is 1. The third-order valence-corrected chi connectivity index (χ3v) is 4.59. The SMILES string of the molecule is Nc1c(Br)cc2c(c1Br)Cc1ccccc1-2. The molecule has 1 aliphatic rings. The van der Waals surface area contributed by atoms with Crippen LogP contribution in [0.1, 0.15) is 11.1 Å². The Morgan fingerprint density at radius 3 is 2.62 bits per heavy atom. The second-order valence-corrected chi connectivity index (χ2v) is 5.59. The molecule has 0 spiro atoms. The second-order valence-electron chi connectivity index (χ2n) is 3.95. The number of anilines is 1. The summed E-state index contributed by atoms with van der Waals surface area (Å²) < 4.78 is 1.97. The van der Waals surface area contributed by atoms with E-state index in [1.165, 1.54) is 22.3 Å². The average molecular weight is 339 g/mol. The van der Waals surface area contributed by atoms with Crippen LogP contribution in [0.25, 0.3) is 11.1 Å². The van der Waals surface area contributed by atoms with Gasteiger partial charge in [-0.05, 0) is 66.6 Å². The smallest absolute Gasteiger partial charge is 0.0606 e. The lowest BCUT2D eigenvalue weighted by molar-refractivity contribution is 1.25. The van der Waals surface area contributed by atoms with E-state index in [2.05, 4.69) is 62.2 Å². The normalized spacial score (nSPS) is 12.4. The van der Waals surface area contributed by atoms with Gasteiger partial charge in [0, 0.05) is 8.95 Å². The number of hydrogen-bond acceptors (Lipinski definition) is 1. The van der Waals surface area contributed by atoms with E-state index in [9.17, 15) is 0 Å². The molecule has 0 unspecified atom stereocenters. The predicted octanol–water partition coefficient (Wildman–Crippen LogP) is 4.37. The van der Waals surface area contributed by atoms with E-state index in [1.807, 2.05) is 0 Å². The summed E-state index contributed by atoms with van der Waals surface area (Å²) in [5.41, 5.74) is 12.0. The summed E-state index contributed by atoms with van der Waals surface area (Å²) in [5, 5.41) is 0. The van der Waals surface area contributed by atoms with Crippen LogP contribution in [0, 0.1) is 0 Å². The average Bonchev–Trinajstić information content (AvgIpc) is 2.65. The fraction of sp³-hybridized carbons (Fsp3) is 0.0769. The Labute approximate surface area is 111 Å². The lowest BCUT2D eigenvalue weighted by Crippen LogP contribution is -1.93. The minimum Gasteiger partial charge on any atom is -0.397 e. The molecule has 0 radical (unpaired) electrons. The third-order valence-electron chi connectivity index (χ3n) is 3.03. The molecule has 1 aliphatic carbocycles. The Morgan fingerprint density at radius 1 is 1.06 bits per heavy atom. The van der Waals surface area contributed by atoms with E-state index in [1.54, 1.807) is 0 Å². The van der Waals surface area contributed by atoms with Crippen molar-refractivity contribution in [2.75, 3.05) is 5.73 Å². The summed E-state index contributed by atoms with van der Waals surface area (Å²) in [4.78, 5) is 0. The van der Waals surface area contributed by atoms with Crippen LogP contribution in [0.5, 0.6) is 0 Å². The van der Waals surface area contributed by atoms with Crippen molar-refractivity contribution in [3.05, 3.63) is 50.4 Å². The number of rotatable bonds is 0. The van der Waals surface area contributed by atoms with Crippen LogP contribution in [0.4, 0.5) is 5.69 Å². The minimum absolute atomic E-state index is 0.784. The van der Waals surface area contributed by atoms with Crippen LogP contribution in [-0.4, -0.2) is 0 Å². The summed E-state index contributed by atoms with van der Waals surface area (Å²) in [6, 6.07) is 10.6. The highest BCUT2D eigenvalue weighted by Gasteiger charge is 2.22. The summed E-state index contributed by atoms with van der Waals surface area (Å²) >= 11 is 7.08. The third kappa shape index (κ3) is 1.35. The van der Waals surface area contributed by atoms with Gasteiger partial charge in [-0.3, -0.25) is 0 Å². The molecule has 0 bridgehead atoms. The van der Waals surface area contributed by atoms with E-state index in [4.69, 9.17) is 5.73 Å². The summed E-state index contributed by atoms with van der Waals surface area (Å²) in [5.74, 6) is 0. The van der Waals surface area contributed by atoms with Crippen molar-refractivity contribution in [2.45, 2.75) is 6.42 Å². The van der Waals surface area contributed by atoms with E-state index in [-0.39, 0.29) is 0 Å². The van der Waals surface area contributed by atoms with Crippen molar-refractivity contribution >= 4 is 37.5 Å². The molecular weight excluding hydrogens is 330 g/mol. The molecule has 0 fully saturated rings. The fourth-order valence-corrected chi connectivity index (χ4v) is 3.48. The zero-order valence-electron chi connectivity index (χ0n) is 8.43. The first kappa shape index (κ1) is 10.4. The molecule has 3 heteroatoms. The van der Waals surface area contributed by atoms with Gasteiger partial charge in [0.15, 0.2) is 0 Å². The van der Waals surface area contributed by atoms with Crippen molar-refractivity contribution in [3.8, 4) is 11.1 Å². The molecule has 0 aliphatic heterocycles. The molecule has 2 aromatic carbocycles. The highest BCUT2D eigenvalue weighted by atomic mass is 79.9. The van der Waals surface area contributed by atoms with Crippen LogP contribution in [0.15, 0.2) is 39.3 Å². The van der Waals surface area contributed by atoms with Gasteiger partial charge >= 0.3 is 0 Å². The van der Waals surface area contributed by atoms with Gasteiger partial charge in [0.2, 0.25) is 0 Å². The predicted molar refractivity (Wildman–Crippen MR) is 74.5 cm³/mol. The quantitative estimate of drug-likeness (QED) is 0.605. The minimum atomic E-state index is 0.784. The molecule has 16 heavy (non-hydrogen) atoms. The van der Waals surface area contributed by atoms with Crippen molar-refractivity contribution in [1.82, 2.24) is 0 Å². The number of fused-ring (bicyclic) bond motifs is 3. The Balaban J connectivity index is 2.34. The first-order chi connectivity index (χ1) is 7.68. The molecule has 0 atom stereocenters. The molecule has 0 saturated heterocycles. The largest absolute Gasteiger partial charge is 0.397 e. The topological polar surface area (TPSA) is 26.0 Å². The van der Waals surface area contributed by atoms with Crippen LogP contribution >= 0.6 is 31.9 Å². The van der Waals surface area contributed by atoms with E-state index in [0.717, 1.165) is 21.1 Å². The maximum absolute atomic E-state index is 6.00. The van der Waals surface area contributed by atoms with E-state index in [0.29, 0.717) is 0 Å². The lowest BCUT2D eigenvalue weighted by Gasteiger charge is -2.08. The molecule has 1 nitrogen and oxygen atoms in total. The van der Waals surface area contributed by atoms with Gasteiger partial charge in [0.05, 0.1) is 5.69 Å². The van der Waals surface area contributed by atoms with Crippen LogP contribution in [-0.2, 0) is 6.42 Å². The standard InChI is InChI=1S/C13H9Br2N/c14-11-6-9-8-4-2-1-3-7(8)5-10(9)12(15)13(11)16/h1-4,6H,5,16H2. The zero-order valence-corrected chi connectivity index (χ0v) is 11.6. The van der Waals surface area contributed by atoms with Crippen molar-refractivity contribution in [1.29, 1.82) is 0 Å². The number of benzene rings is 2. The van der Waals surface area contributed by atoms with Crippen LogP contribution < -0.4 is 5.73 Å². The zero-order chi connectivity index (χ0) is 11.3. The summed E-state index contributed by atoms with van der Waals surface area (Å²) in [7, 11) is 0. The first-order valence-corrected chi connectivity index (χ1v) is 6.61. The van der Waals surface area contributed by atoms with Crippen molar-refractivity contribution < 1.29 is 0 Å². The van der Waals surface area contributed by atoms with Crippen LogP contribution in [0.2, 0.25) is 0 Å². The Morgan fingerprint density at radius 2 is 1.81 bits per heavy atom. The Hall–Kier alpha value is -0.800. The summed E-state index contributed by atoms with van der Waals surface area (Å²) in [6.07, 6.45) is 0.962. The molecule has 2 N–H and O–H groups in total. The van der Waals surface area contributed by atoms with Gasteiger partial charge in [-0.25, -0.2) is 0 Å². The lowest BCUT2D eigenvalue weighted by atomic mass is 10.1. The maximum atomic E-state index is 6.00. The molecule has 0 saturated carbocycles. The van der Waals surface area contributed by atoms with E-state index < -0.39 is 0 Å². The Bertz CT molecular complexity index is 591. The van der Waals surface area contributed by atoms with Gasteiger partial charge in [-0.15, -0.1) is 0 Å². The molecule has 3 rings (SSSR count). The molecule has 80 valence electrons. The molecular formula is C13H9Br2N. The van der Waals surface area contributed by atoms with Gasteiger partial charge in [0.1, 0.15) is 0 Å². The monoisotopic (exact) mass is 337 g/mol. The van der Waals surface area contributed by atoms with Gasteiger partial charge < -0.3 is 5.73 Å². The highest BCUT2D eigenvalue weighted by molar-refractivity contribution is 9.11. The van der Waals surface area contributed by atoms with Crippen LogP contribution in [0.3, 0.4) is 0 Å².